The minimum Gasteiger partial charge on any atom is -0.344 e. The van der Waals surface area contributed by atoms with Gasteiger partial charge in [-0.3, -0.25) is 0 Å². The van der Waals surface area contributed by atoms with Crippen molar-refractivity contribution in [2.24, 2.45) is 0 Å². The molecule has 0 saturated heterocycles. The molecule has 0 aliphatic carbocycles. The molecule has 19 heavy (non-hydrogen) atoms. The molecule has 0 aliphatic rings. The maximum absolute atomic E-state index is 4.64. The van der Waals surface area contributed by atoms with Crippen LogP contribution in [0.25, 0.3) is 0 Å². The maximum Gasteiger partial charge on any atom is 0.0926 e. The van der Waals surface area contributed by atoms with Crippen LogP contribution >= 0.6 is 11.3 Å². The average molecular weight is 277 g/mol. The Hall–Kier alpha value is -1.13. The second-order valence-corrected chi connectivity index (χ2v) is 5.77. The van der Waals surface area contributed by atoms with E-state index in [1.807, 2.05) is 0 Å². The van der Waals surface area contributed by atoms with E-state index >= 15 is 0 Å². The van der Waals surface area contributed by atoms with Gasteiger partial charge in [0.15, 0.2) is 0 Å². The fraction of sp³-hybridized carbons (Fsp3) is 0.533. The summed E-state index contributed by atoms with van der Waals surface area (Å²) in [5, 5.41) is 6.93. The molecule has 0 radical (unpaired) electrons. The van der Waals surface area contributed by atoms with Gasteiger partial charge < -0.3 is 9.88 Å². The number of aromatic nitrogens is 2. The van der Waals surface area contributed by atoms with Crippen molar-refractivity contribution in [3.8, 4) is 0 Å². The molecule has 0 amide bonds. The summed E-state index contributed by atoms with van der Waals surface area (Å²) in [7, 11) is 0. The summed E-state index contributed by atoms with van der Waals surface area (Å²) in [6.45, 7) is 8.50. The lowest BCUT2D eigenvalue weighted by molar-refractivity contribution is 0.533. The topological polar surface area (TPSA) is 29.9 Å². The Morgan fingerprint density at radius 2 is 2.26 bits per heavy atom. The molecule has 0 aliphatic heterocycles. The Balaban J connectivity index is 2.06. The second-order valence-electron chi connectivity index (χ2n) is 4.82. The Labute approximate surface area is 119 Å². The lowest BCUT2D eigenvalue weighted by Crippen LogP contribution is -2.22. The molecule has 2 heterocycles. The van der Waals surface area contributed by atoms with Crippen molar-refractivity contribution < 1.29 is 0 Å². The molecule has 4 heteroatoms. The molecule has 2 aromatic rings. The van der Waals surface area contributed by atoms with Gasteiger partial charge in [-0.05, 0) is 38.4 Å². The molecule has 0 fully saturated rings. The monoisotopic (exact) mass is 277 g/mol. The lowest BCUT2D eigenvalue weighted by Gasteiger charge is -2.16. The third kappa shape index (κ3) is 3.67. The fourth-order valence-corrected chi connectivity index (χ4v) is 2.92. The number of aryl methyl sites for hydroxylation is 1. The summed E-state index contributed by atoms with van der Waals surface area (Å²) in [5.74, 6) is 0. The zero-order chi connectivity index (χ0) is 13.7. The smallest absolute Gasteiger partial charge is 0.0926 e. The van der Waals surface area contributed by atoms with Crippen LogP contribution in [-0.2, 0) is 13.0 Å². The molecule has 0 saturated carbocycles. The summed E-state index contributed by atoms with van der Waals surface area (Å²) < 4.78 is 2.29. The summed E-state index contributed by atoms with van der Waals surface area (Å²) in [5.41, 5.74) is 2.50. The van der Waals surface area contributed by atoms with E-state index in [-0.39, 0.29) is 0 Å². The number of nitrogens with zero attached hydrogens (tertiary/aromatic N) is 2. The predicted molar refractivity (Wildman–Crippen MR) is 81.7 cm³/mol. The third-order valence-electron chi connectivity index (χ3n) is 3.24. The molecular formula is C15H23N3S. The fourth-order valence-electron chi connectivity index (χ4n) is 2.19. The van der Waals surface area contributed by atoms with Gasteiger partial charge in [0.05, 0.1) is 17.2 Å². The quantitative estimate of drug-likeness (QED) is 0.838. The average Bonchev–Trinajstić information content (AvgIpc) is 3.05. The van der Waals surface area contributed by atoms with Gasteiger partial charge in [0.2, 0.25) is 0 Å². The van der Waals surface area contributed by atoms with E-state index in [4.69, 9.17) is 0 Å². The van der Waals surface area contributed by atoms with E-state index in [2.05, 4.69) is 59.3 Å². The summed E-state index contributed by atoms with van der Waals surface area (Å²) in [6, 6.07) is 4.70. The standard InChI is InChI=1S/C15H23N3S/c1-4-8-16-12(3)14-7-6-9-18(14)10-13-11-19-15(5-2)17-13/h6-7,9,11-12,16H,4-5,8,10H2,1-3H3. The zero-order valence-corrected chi connectivity index (χ0v) is 12.8. The highest BCUT2D eigenvalue weighted by Crippen LogP contribution is 2.17. The molecule has 0 aromatic carbocycles. The van der Waals surface area contributed by atoms with Gasteiger partial charge in [-0.1, -0.05) is 13.8 Å². The Morgan fingerprint density at radius 1 is 1.42 bits per heavy atom. The molecule has 2 aromatic heterocycles. The maximum atomic E-state index is 4.64. The van der Waals surface area contributed by atoms with Gasteiger partial charge in [0.1, 0.15) is 0 Å². The minimum absolute atomic E-state index is 0.388. The number of hydrogen-bond donors (Lipinski definition) is 1. The minimum atomic E-state index is 0.388. The van der Waals surface area contributed by atoms with Gasteiger partial charge >= 0.3 is 0 Å². The number of hydrogen-bond acceptors (Lipinski definition) is 3. The van der Waals surface area contributed by atoms with Gasteiger partial charge in [-0.25, -0.2) is 4.98 Å². The molecular weight excluding hydrogens is 254 g/mol. The first-order valence-corrected chi connectivity index (χ1v) is 7.94. The van der Waals surface area contributed by atoms with Crippen molar-refractivity contribution in [3.05, 3.63) is 40.1 Å². The van der Waals surface area contributed by atoms with Crippen molar-refractivity contribution >= 4 is 11.3 Å². The Bertz CT molecular complexity index is 501. The highest BCUT2D eigenvalue weighted by Gasteiger charge is 2.10. The number of rotatable bonds is 7. The lowest BCUT2D eigenvalue weighted by atomic mass is 10.2. The normalized spacial score (nSPS) is 12.8. The van der Waals surface area contributed by atoms with Crippen LogP contribution in [0.4, 0.5) is 0 Å². The summed E-state index contributed by atoms with van der Waals surface area (Å²) in [6.07, 6.45) is 4.33. The van der Waals surface area contributed by atoms with Crippen LogP contribution in [0.5, 0.6) is 0 Å². The number of nitrogens with one attached hydrogen (secondary N) is 1. The van der Waals surface area contributed by atoms with Crippen LogP contribution in [-0.4, -0.2) is 16.1 Å². The van der Waals surface area contributed by atoms with Crippen molar-refractivity contribution in [1.29, 1.82) is 0 Å². The van der Waals surface area contributed by atoms with E-state index in [0.717, 1.165) is 25.9 Å². The van der Waals surface area contributed by atoms with Gasteiger partial charge in [-0.15, -0.1) is 11.3 Å². The first-order chi connectivity index (χ1) is 9.24. The molecule has 1 N–H and O–H groups in total. The SMILES string of the molecule is CCCNC(C)c1cccn1Cc1csc(CC)n1. The van der Waals surface area contributed by atoms with Crippen molar-refractivity contribution in [2.75, 3.05) is 6.54 Å². The third-order valence-corrected chi connectivity index (χ3v) is 4.28. The zero-order valence-electron chi connectivity index (χ0n) is 12.0. The van der Waals surface area contributed by atoms with Crippen molar-refractivity contribution in [1.82, 2.24) is 14.9 Å². The summed E-state index contributed by atoms with van der Waals surface area (Å²) in [4.78, 5) is 4.64. The molecule has 3 nitrogen and oxygen atoms in total. The van der Waals surface area contributed by atoms with E-state index < -0.39 is 0 Å². The van der Waals surface area contributed by atoms with Crippen molar-refractivity contribution in [3.63, 3.8) is 0 Å². The van der Waals surface area contributed by atoms with Crippen LogP contribution in [0, 0.1) is 0 Å². The van der Waals surface area contributed by atoms with Crippen LogP contribution < -0.4 is 5.32 Å². The van der Waals surface area contributed by atoms with E-state index in [1.54, 1.807) is 11.3 Å². The van der Waals surface area contributed by atoms with Crippen LogP contribution in [0.3, 0.4) is 0 Å². The predicted octanol–water partition coefficient (Wildman–Crippen LogP) is 3.62. The molecule has 1 atom stereocenters. The summed E-state index contributed by atoms with van der Waals surface area (Å²) >= 11 is 1.76. The van der Waals surface area contributed by atoms with Crippen LogP contribution in [0.2, 0.25) is 0 Å². The first kappa shape index (κ1) is 14.3. The first-order valence-electron chi connectivity index (χ1n) is 7.06. The van der Waals surface area contributed by atoms with Crippen molar-refractivity contribution in [2.45, 2.75) is 46.2 Å². The van der Waals surface area contributed by atoms with E-state index in [0.29, 0.717) is 6.04 Å². The molecule has 2 rings (SSSR count). The molecule has 0 bridgehead atoms. The Kier molecular flexibility index (Phi) is 5.16. The van der Waals surface area contributed by atoms with E-state index in [1.165, 1.54) is 16.4 Å². The molecule has 1 unspecified atom stereocenters. The van der Waals surface area contributed by atoms with Crippen LogP contribution in [0.1, 0.15) is 49.6 Å². The van der Waals surface area contributed by atoms with Gasteiger partial charge in [-0.2, -0.15) is 0 Å². The Morgan fingerprint density at radius 3 is 2.95 bits per heavy atom. The largest absolute Gasteiger partial charge is 0.344 e. The van der Waals surface area contributed by atoms with Gasteiger partial charge in [0.25, 0.3) is 0 Å². The second kappa shape index (κ2) is 6.87. The van der Waals surface area contributed by atoms with E-state index in [9.17, 15) is 0 Å². The molecule has 0 spiro atoms. The van der Waals surface area contributed by atoms with Gasteiger partial charge in [0, 0.05) is 23.3 Å². The number of thiazole rings is 1. The molecule has 104 valence electrons. The highest BCUT2D eigenvalue weighted by atomic mass is 32.1. The highest BCUT2D eigenvalue weighted by molar-refractivity contribution is 7.09. The van der Waals surface area contributed by atoms with Crippen LogP contribution in [0.15, 0.2) is 23.7 Å².